The first kappa shape index (κ1) is 14.7. The largest absolute Gasteiger partial charge is 0.466 e. The van der Waals surface area contributed by atoms with E-state index in [0.29, 0.717) is 4.77 Å². The number of aromatic nitrogens is 3. The first-order chi connectivity index (χ1) is 9.41. The van der Waals surface area contributed by atoms with Crippen molar-refractivity contribution >= 4 is 12.2 Å². The maximum atomic E-state index is 9.98. The van der Waals surface area contributed by atoms with Gasteiger partial charge in [-0.1, -0.05) is 12.1 Å². The molecule has 5 nitrogen and oxygen atoms in total. The normalized spacial score (nSPS) is 14.1. The minimum atomic E-state index is -0.739. The first-order valence-corrected chi connectivity index (χ1v) is 6.83. The number of nitrogens with zero attached hydrogens (tertiary/aromatic N) is 3. The van der Waals surface area contributed by atoms with E-state index in [4.69, 9.17) is 17.0 Å². The van der Waals surface area contributed by atoms with E-state index >= 15 is 0 Å². The Morgan fingerprint density at radius 1 is 1.35 bits per heavy atom. The van der Waals surface area contributed by atoms with E-state index < -0.39 is 12.3 Å². The second-order valence-electron chi connectivity index (χ2n) is 4.92. The van der Waals surface area contributed by atoms with Crippen LogP contribution in [0.4, 0.5) is 0 Å². The molecule has 2 unspecified atom stereocenters. The molecule has 0 radical (unpaired) electrons. The van der Waals surface area contributed by atoms with E-state index in [2.05, 4.69) is 5.10 Å². The first-order valence-electron chi connectivity index (χ1n) is 6.43. The molecule has 6 heteroatoms. The SMILES string of the molecule is Cc1cccc(OC(C(C)O)n2ncn(C)c2=S)c1C. The Morgan fingerprint density at radius 2 is 2.05 bits per heavy atom. The third-order valence-electron chi connectivity index (χ3n) is 3.30. The van der Waals surface area contributed by atoms with E-state index in [0.717, 1.165) is 16.9 Å². The molecule has 1 N–H and O–H groups in total. The molecule has 1 aromatic carbocycles. The van der Waals surface area contributed by atoms with Crippen LogP contribution in [0.5, 0.6) is 5.75 Å². The number of hydrogen-bond donors (Lipinski definition) is 1. The van der Waals surface area contributed by atoms with Gasteiger partial charge in [0.25, 0.3) is 0 Å². The third-order valence-corrected chi connectivity index (χ3v) is 3.78. The summed E-state index contributed by atoms with van der Waals surface area (Å²) in [5.41, 5.74) is 2.18. The minimum Gasteiger partial charge on any atom is -0.466 e. The van der Waals surface area contributed by atoms with Crippen molar-refractivity contribution in [2.24, 2.45) is 7.05 Å². The summed E-state index contributed by atoms with van der Waals surface area (Å²) in [6.07, 6.45) is 0.213. The standard InChI is InChI=1S/C14H19N3O2S/c1-9-6-5-7-12(10(9)2)19-13(11(3)18)17-14(20)16(4)8-15-17/h5-8,11,13,18H,1-4H3. The lowest BCUT2D eigenvalue weighted by molar-refractivity contribution is -0.00841. The van der Waals surface area contributed by atoms with Crippen molar-refractivity contribution in [2.75, 3.05) is 0 Å². The van der Waals surface area contributed by atoms with Gasteiger partial charge in [0.1, 0.15) is 18.2 Å². The molecule has 1 aromatic heterocycles. The molecular formula is C14H19N3O2S. The van der Waals surface area contributed by atoms with Crippen molar-refractivity contribution in [1.82, 2.24) is 14.3 Å². The molecule has 2 rings (SSSR count). The highest BCUT2D eigenvalue weighted by atomic mass is 32.1. The van der Waals surface area contributed by atoms with Crippen LogP contribution in [0.3, 0.4) is 0 Å². The minimum absolute atomic E-state index is 0.501. The highest BCUT2D eigenvalue weighted by Gasteiger charge is 2.22. The molecule has 108 valence electrons. The van der Waals surface area contributed by atoms with E-state index in [1.54, 1.807) is 17.8 Å². The number of hydrogen-bond acceptors (Lipinski definition) is 4. The topological polar surface area (TPSA) is 52.2 Å². The van der Waals surface area contributed by atoms with Crippen LogP contribution in [-0.4, -0.2) is 25.6 Å². The highest BCUT2D eigenvalue weighted by Crippen LogP contribution is 2.25. The van der Waals surface area contributed by atoms with E-state index in [1.165, 1.54) is 4.68 Å². The molecule has 2 atom stereocenters. The van der Waals surface area contributed by atoms with E-state index in [-0.39, 0.29) is 0 Å². The summed E-state index contributed by atoms with van der Waals surface area (Å²) in [4.78, 5) is 0. The van der Waals surface area contributed by atoms with Crippen LogP contribution in [0.15, 0.2) is 24.5 Å². The third kappa shape index (κ3) is 2.76. The Morgan fingerprint density at radius 3 is 2.60 bits per heavy atom. The molecule has 0 aliphatic rings. The summed E-state index contributed by atoms with van der Waals surface area (Å²) in [7, 11) is 1.81. The number of benzene rings is 1. The van der Waals surface area contributed by atoms with Gasteiger partial charge < -0.3 is 14.4 Å². The molecule has 20 heavy (non-hydrogen) atoms. The van der Waals surface area contributed by atoms with Gasteiger partial charge in [-0.05, 0) is 50.2 Å². The predicted octanol–water partition coefficient (Wildman–Crippen LogP) is 2.53. The van der Waals surface area contributed by atoms with Gasteiger partial charge >= 0.3 is 0 Å². The lowest BCUT2D eigenvalue weighted by Crippen LogP contribution is -2.28. The molecule has 2 aromatic rings. The van der Waals surface area contributed by atoms with E-state index in [1.807, 2.05) is 39.1 Å². The average Bonchev–Trinajstić information content (AvgIpc) is 2.72. The molecule has 1 heterocycles. The molecule has 0 aliphatic carbocycles. The van der Waals surface area contributed by atoms with Gasteiger partial charge in [-0.2, -0.15) is 9.78 Å². The molecule has 0 amide bonds. The van der Waals surface area contributed by atoms with Crippen LogP contribution in [-0.2, 0) is 7.05 Å². The van der Waals surface area contributed by atoms with Gasteiger partial charge in [0.05, 0.1) is 0 Å². The van der Waals surface area contributed by atoms with Gasteiger partial charge in [-0.3, -0.25) is 0 Å². The number of aliphatic hydroxyl groups is 1. The van der Waals surface area contributed by atoms with Crippen LogP contribution in [0.1, 0.15) is 24.3 Å². The Labute approximate surface area is 123 Å². The van der Waals surface area contributed by atoms with Crippen LogP contribution in [0, 0.1) is 18.6 Å². The zero-order valence-electron chi connectivity index (χ0n) is 12.1. The summed E-state index contributed by atoms with van der Waals surface area (Å²) in [5.74, 6) is 0.725. The van der Waals surface area contributed by atoms with Gasteiger partial charge in [0.15, 0.2) is 0 Å². The molecule has 0 fully saturated rings. The number of ether oxygens (including phenoxy) is 1. The summed E-state index contributed by atoms with van der Waals surface area (Å²) in [6.45, 7) is 5.67. The van der Waals surface area contributed by atoms with Crippen LogP contribution >= 0.6 is 12.2 Å². The van der Waals surface area contributed by atoms with Gasteiger partial charge in [-0.15, -0.1) is 0 Å². The van der Waals surface area contributed by atoms with Crippen molar-refractivity contribution in [3.05, 3.63) is 40.4 Å². The van der Waals surface area contributed by atoms with Gasteiger partial charge in [0, 0.05) is 7.05 Å². The Kier molecular flexibility index (Phi) is 4.25. The quantitative estimate of drug-likeness (QED) is 0.880. The molecule has 0 spiro atoms. The van der Waals surface area contributed by atoms with Gasteiger partial charge in [0.2, 0.25) is 11.0 Å². The second kappa shape index (κ2) is 5.76. The fourth-order valence-corrected chi connectivity index (χ4v) is 2.10. The van der Waals surface area contributed by atoms with Crippen molar-refractivity contribution in [1.29, 1.82) is 0 Å². The predicted molar refractivity (Wildman–Crippen MR) is 79.3 cm³/mol. The average molecular weight is 293 g/mol. The van der Waals surface area contributed by atoms with Gasteiger partial charge in [-0.25, -0.2) is 0 Å². The fourth-order valence-electron chi connectivity index (χ4n) is 1.90. The summed E-state index contributed by atoms with van der Waals surface area (Å²) in [5, 5.41) is 14.2. The van der Waals surface area contributed by atoms with Crippen molar-refractivity contribution in [3.8, 4) is 5.75 Å². The Hall–Kier alpha value is -1.66. The Bertz CT molecular complexity index is 661. The van der Waals surface area contributed by atoms with Crippen molar-refractivity contribution < 1.29 is 9.84 Å². The number of aliphatic hydroxyl groups excluding tert-OH is 1. The number of rotatable bonds is 4. The summed E-state index contributed by atoms with van der Waals surface area (Å²) >= 11 is 5.27. The van der Waals surface area contributed by atoms with E-state index in [9.17, 15) is 5.11 Å². The Balaban J connectivity index is 2.38. The molecule has 0 saturated carbocycles. The van der Waals surface area contributed by atoms with Crippen LogP contribution < -0.4 is 4.74 Å². The van der Waals surface area contributed by atoms with Crippen LogP contribution in [0.2, 0.25) is 0 Å². The molecule has 0 bridgehead atoms. The second-order valence-corrected chi connectivity index (χ2v) is 5.28. The smallest absolute Gasteiger partial charge is 0.219 e. The summed E-state index contributed by atoms with van der Waals surface area (Å²) in [6, 6.07) is 5.82. The lowest BCUT2D eigenvalue weighted by Gasteiger charge is -2.23. The summed E-state index contributed by atoms with van der Waals surface area (Å²) < 4.78 is 9.66. The molecule has 0 aliphatic heterocycles. The number of aryl methyl sites for hydroxylation is 2. The molecule has 0 saturated heterocycles. The zero-order valence-corrected chi connectivity index (χ0v) is 12.9. The van der Waals surface area contributed by atoms with Crippen molar-refractivity contribution in [3.63, 3.8) is 0 Å². The highest BCUT2D eigenvalue weighted by molar-refractivity contribution is 7.71. The van der Waals surface area contributed by atoms with Crippen LogP contribution in [0.25, 0.3) is 0 Å². The maximum Gasteiger partial charge on any atom is 0.219 e. The zero-order chi connectivity index (χ0) is 14.9. The molecular weight excluding hydrogens is 274 g/mol. The monoisotopic (exact) mass is 293 g/mol. The lowest BCUT2D eigenvalue weighted by atomic mass is 10.1. The van der Waals surface area contributed by atoms with Crippen molar-refractivity contribution in [2.45, 2.75) is 33.1 Å². The fraction of sp³-hybridized carbons (Fsp3) is 0.429. The maximum absolute atomic E-state index is 9.98.